The number of carbonyl (C=O) groups is 2. The average molecular weight is 562 g/mol. The maximum atomic E-state index is 15.0. The fraction of sp³-hybridized carbons (Fsp3) is 0.533. The standard InChI is InChI=1S/C30H35F4N3O3/c31-25-17-23(40-18-20-10-15-36(16-11-20)19-29(12-2-13-29)30(32,33)34)8-9-24(25)21-4-6-22(7-5-21)28(39)37-14-1-3-26(37)27(35)38/h4-9,17,20,26H,1-3,10-16,18-19H2,(H2,35,38)/t26-/m0/s1. The third kappa shape index (κ3) is 5.82. The van der Waals surface area contributed by atoms with E-state index >= 15 is 0 Å². The van der Waals surface area contributed by atoms with Crippen molar-refractivity contribution in [3.63, 3.8) is 0 Å². The predicted octanol–water partition coefficient (Wildman–Crippen LogP) is 5.41. The number of nitrogens with zero attached hydrogens (tertiary/aromatic N) is 2. The molecule has 0 bridgehead atoms. The number of alkyl halides is 3. The van der Waals surface area contributed by atoms with Gasteiger partial charge >= 0.3 is 6.18 Å². The highest BCUT2D eigenvalue weighted by Crippen LogP contribution is 2.53. The monoisotopic (exact) mass is 561 g/mol. The second-order valence-corrected chi connectivity index (χ2v) is 11.4. The number of benzene rings is 2. The number of halogens is 4. The summed E-state index contributed by atoms with van der Waals surface area (Å²) >= 11 is 0. The number of hydrogen-bond donors (Lipinski definition) is 1. The molecule has 5 rings (SSSR count). The Morgan fingerprint density at radius 2 is 1.68 bits per heavy atom. The minimum absolute atomic E-state index is 0.0814. The summed E-state index contributed by atoms with van der Waals surface area (Å²) in [5, 5.41) is 0. The molecule has 3 fully saturated rings. The van der Waals surface area contributed by atoms with Crippen LogP contribution in [-0.2, 0) is 4.79 Å². The molecule has 2 aromatic carbocycles. The fourth-order valence-electron chi connectivity index (χ4n) is 6.17. The van der Waals surface area contributed by atoms with E-state index in [2.05, 4.69) is 0 Å². The van der Waals surface area contributed by atoms with E-state index < -0.39 is 29.4 Å². The van der Waals surface area contributed by atoms with Gasteiger partial charge in [-0.05, 0) is 87.4 Å². The minimum Gasteiger partial charge on any atom is -0.493 e. The summed E-state index contributed by atoms with van der Waals surface area (Å²) in [6.45, 7) is 2.16. The Kier molecular flexibility index (Phi) is 8.08. The number of carbonyl (C=O) groups excluding carboxylic acids is 2. The van der Waals surface area contributed by atoms with E-state index in [1.165, 1.54) is 11.0 Å². The highest BCUT2D eigenvalue weighted by Gasteiger charge is 2.58. The molecule has 2 heterocycles. The van der Waals surface area contributed by atoms with Gasteiger partial charge in [-0.1, -0.05) is 18.6 Å². The van der Waals surface area contributed by atoms with Crippen LogP contribution in [0.15, 0.2) is 42.5 Å². The predicted molar refractivity (Wildman–Crippen MR) is 142 cm³/mol. The molecule has 2 aromatic rings. The Morgan fingerprint density at radius 1 is 0.975 bits per heavy atom. The molecule has 10 heteroatoms. The van der Waals surface area contributed by atoms with Gasteiger partial charge in [-0.3, -0.25) is 9.59 Å². The van der Waals surface area contributed by atoms with Crippen molar-refractivity contribution in [1.29, 1.82) is 0 Å². The van der Waals surface area contributed by atoms with Crippen LogP contribution in [0.3, 0.4) is 0 Å². The third-order valence-corrected chi connectivity index (χ3v) is 8.86. The molecule has 2 aliphatic heterocycles. The van der Waals surface area contributed by atoms with E-state index in [4.69, 9.17) is 10.5 Å². The van der Waals surface area contributed by atoms with Crippen LogP contribution in [0.25, 0.3) is 11.1 Å². The molecule has 216 valence electrons. The van der Waals surface area contributed by atoms with Gasteiger partial charge < -0.3 is 20.3 Å². The number of nitrogens with two attached hydrogens (primary N) is 1. The maximum Gasteiger partial charge on any atom is 0.395 e. The van der Waals surface area contributed by atoms with Crippen LogP contribution in [-0.4, -0.2) is 66.6 Å². The van der Waals surface area contributed by atoms with Crippen molar-refractivity contribution in [2.24, 2.45) is 17.1 Å². The number of rotatable bonds is 8. The Balaban J connectivity index is 1.13. The molecule has 1 aliphatic carbocycles. The van der Waals surface area contributed by atoms with Crippen molar-refractivity contribution in [3.8, 4) is 16.9 Å². The van der Waals surface area contributed by atoms with Crippen LogP contribution in [0.4, 0.5) is 17.6 Å². The largest absolute Gasteiger partial charge is 0.493 e. The van der Waals surface area contributed by atoms with Crippen LogP contribution in [0.1, 0.15) is 55.3 Å². The SMILES string of the molecule is NC(=O)[C@@H]1CCCN1C(=O)c1ccc(-c2ccc(OCC3CCN(CC4(C(F)(F)F)CCC4)CC3)cc2F)cc1. The molecule has 0 aromatic heterocycles. The summed E-state index contributed by atoms with van der Waals surface area (Å²) in [7, 11) is 0. The Hall–Kier alpha value is -3.14. The van der Waals surface area contributed by atoms with Gasteiger partial charge in [-0.2, -0.15) is 13.2 Å². The van der Waals surface area contributed by atoms with Crippen LogP contribution in [0, 0.1) is 17.2 Å². The summed E-state index contributed by atoms with van der Waals surface area (Å²) in [4.78, 5) is 27.9. The van der Waals surface area contributed by atoms with Gasteiger partial charge in [0.05, 0.1) is 12.0 Å². The summed E-state index contributed by atoms with van der Waals surface area (Å²) in [6.07, 6.45) is -0.293. The van der Waals surface area contributed by atoms with Crippen molar-refractivity contribution < 1.29 is 31.9 Å². The van der Waals surface area contributed by atoms with Crippen molar-refractivity contribution in [1.82, 2.24) is 9.80 Å². The Labute approximate surface area is 231 Å². The lowest BCUT2D eigenvalue weighted by atomic mass is 9.67. The fourth-order valence-corrected chi connectivity index (χ4v) is 6.17. The van der Waals surface area contributed by atoms with Gasteiger partial charge in [-0.25, -0.2) is 4.39 Å². The Bertz CT molecular complexity index is 1220. The van der Waals surface area contributed by atoms with Gasteiger partial charge in [-0.15, -0.1) is 0 Å². The molecule has 2 saturated heterocycles. The number of piperidine rings is 1. The van der Waals surface area contributed by atoms with E-state index in [9.17, 15) is 27.2 Å². The van der Waals surface area contributed by atoms with Crippen molar-refractivity contribution in [2.45, 2.75) is 57.2 Å². The molecule has 2 amide bonds. The van der Waals surface area contributed by atoms with Gasteiger partial charge in [0.15, 0.2) is 0 Å². The molecule has 2 N–H and O–H groups in total. The van der Waals surface area contributed by atoms with E-state index in [-0.39, 0.29) is 31.2 Å². The zero-order valence-electron chi connectivity index (χ0n) is 22.4. The summed E-state index contributed by atoms with van der Waals surface area (Å²) in [5.41, 5.74) is 5.26. The lowest BCUT2D eigenvalue weighted by Gasteiger charge is -2.47. The average Bonchev–Trinajstić information content (AvgIpc) is 3.40. The van der Waals surface area contributed by atoms with Crippen molar-refractivity contribution in [3.05, 3.63) is 53.8 Å². The number of primary amides is 1. The summed E-state index contributed by atoms with van der Waals surface area (Å²) < 4.78 is 61.3. The topological polar surface area (TPSA) is 75.9 Å². The summed E-state index contributed by atoms with van der Waals surface area (Å²) in [6, 6.07) is 10.6. The molecule has 0 radical (unpaired) electrons. The van der Waals surface area contributed by atoms with Gasteiger partial charge in [0, 0.05) is 30.3 Å². The lowest BCUT2D eigenvalue weighted by Crippen LogP contribution is -2.53. The number of ether oxygens (including phenoxy) is 1. The first-order valence-corrected chi connectivity index (χ1v) is 14.0. The van der Waals surface area contributed by atoms with Crippen molar-refractivity contribution in [2.75, 3.05) is 32.8 Å². The van der Waals surface area contributed by atoms with Crippen LogP contribution in [0.2, 0.25) is 0 Å². The van der Waals surface area contributed by atoms with Crippen LogP contribution >= 0.6 is 0 Å². The molecule has 0 unspecified atom stereocenters. The van der Waals surface area contributed by atoms with E-state index in [0.717, 1.165) is 19.3 Å². The zero-order valence-corrected chi connectivity index (χ0v) is 22.4. The smallest absolute Gasteiger partial charge is 0.395 e. The first-order valence-electron chi connectivity index (χ1n) is 14.0. The quantitative estimate of drug-likeness (QED) is 0.438. The molecule has 1 saturated carbocycles. The molecular weight excluding hydrogens is 526 g/mol. The van der Waals surface area contributed by atoms with Crippen LogP contribution in [0.5, 0.6) is 5.75 Å². The second kappa shape index (κ2) is 11.4. The highest BCUT2D eigenvalue weighted by molar-refractivity contribution is 5.98. The van der Waals surface area contributed by atoms with E-state index in [1.54, 1.807) is 36.4 Å². The number of amides is 2. The zero-order chi connectivity index (χ0) is 28.5. The highest BCUT2D eigenvalue weighted by atomic mass is 19.4. The lowest BCUT2D eigenvalue weighted by molar-refractivity contribution is -0.256. The van der Waals surface area contributed by atoms with E-state index in [0.29, 0.717) is 61.5 Å². The molecule has 1 atom stereocenters. The van der Waals surface area contributed by atoms with Gasteiger partial charge in [0.25, 0.3) is 5.91 Å². The first kappa shape index (κ1) is 28.4. The molecular formula is C30H35F4N3O3. The number of likely N-dealkylation sites (tertiary alicyclic amines) is 2. The molecule has 40 heavy (non-hydrogen) atoms. The molecule has 3 aliphatic rings. The first-order chi connectivity index (χ1) is 19.1. The molecule has 0 spiro atoms. The van der Waals surface area contributed by atoms with Gasteiger partial charge in [0.2, 0.25) is 5.91 Å². The Morgan fingerprint density at radius 3 is 2.25 bits per heavy atom. The molecule has 6 nitrogen and oxygen atoms in total. The van der Waals surface area contributed by atoms with Gasteiger partial charge in [0.1, 0.15) is 17.6 Å². The van der Waals surface area contributed by atoms with Crippen molar-refractivity contribution >= 4 is 11.8 Å². The van der Waals surface area contributed by atoms with E-state index in [1.807, 2.05) is 4.90 Å². The third-order valence-electron chi connectivity index (χ3n) is 8.86. The number of hydrogen-bond acceptors (Lipinski definition) is 4. The summed E-state index contributed by atoms with van der Waals surface area (Å²) in [5.74, 6) is -0.645. The second-order valence-electron chi connectivity index (χ2n) is 11.4. The van der Waals surface area contributed by atoms with Crippen LogP contribution < -0.4 is 10.5 Å². The maximum absolute atomic E-state index is 15.0. The normalized spacial score (nSPS) is 21.7. The minimum atomic E-state index is -4.15.